The van der Waals surface area contributed by atoms with E-state index in [0.717, 1.165) is 4.31 Å². The molecule has 0 saturated heterocycles. The zero-order valence-corrected chi connectivity index (χ0v) is 15.5. The van der Waals surface area contributed by atoms with Gasteiger partial charge >= 0.3 is 0 Å². The van der Waals surface area contributed by atoms with E-state index in [1.54, 1.807) is 42.5 Å². The van der Waals surface area contributed by atoms with Crippen LogP contribution in [0.3, 0.4) is 0 Å². The molecule has 0 heterocycles. The standard InChI is InChI=1S/C17H20N2O4S2/c1-23-16-10-6-5-9-15(16)19(13-17(20)18-11-12-24)25(21,22)14-7-3-2-4-8-14/h2-10,24H,11-13H2,1H3,(H,18,20). The lowest BCUT2D eigenvalue weighted by Gasteiger charge is -2.25. The Morgan fingerprint density at radius 2 is 1.76 bits per heavy atom. The van der Waals surface area contributed by atoms with Crippen LogP contribution in [0.15, 0.2) is 59.5 Å². The number of nitrogens with one attached hydrogen (secondary N) is 1. The van der Waals surface area contributed by atoms with E-state index in [-0.39, 0.29) is 11.4 Å². The second-order valence-electron chi connectivity index (χ2n) is 5.07. The van der Waals surface area contributed by atoms with Gasteiger partial charge in [0.05, 0.1) is 17.7 Å². The number of carbonyl (C=O) groups excluding carboxylic acids is 1. The molecule has 8 heteroatoms. The smallest absolute Gasteiger partial charge is 0.264 e. The Balaban J connectivity index is 2.47. The Kier molecular flexibility index (Phi) is 6.72. The number of para-hydroxylation sites is 2. The van der Waals surface area contributed by atoms with Crippen LogP contribution in [0.5, 0.6) is 5.75 Å². The van der Waals surface area contributed by atoms with Crippen LogP contribution in [0.4, 0.5) is 5.69 Å². The summed E-state index contributed by atoms with van der Waals surface area (Å²) in [6.45, 7) is -0.00152. The molecule has 25 heavy (non-hydrogen) atoms. The molecule has 2 rings (SSSR count). The third-order valence-electron chi connectivity index (χ3n) is 3.41. The number of nitrogens with zero attached hydrogens (tertiary/aromatic N) is 1. The van der Waals surface area contributed by atoms with Crippen molar-refractivity contribution in [3.63, 3.8) is 0 Å². The highest BCUT2D eigenvalue weighted by Crippen LogP contribution is 2.31. The normalized spacial score (nSPS) is 11.0. The van der Waals surface area contributed by atoms with Gasteiger partial charge in [-0.1, -0.05) is 30.3 Å². The van der Waals surface area contributed by atoms with Crippen LogP contribution in [0.2, 0.25) is 0 Å². The van der Waals surface area contributed by atoms with Crippen molar-refractivity contribution in [1.82, 2.24) is 5.32 Å². The summed E-state index contributed by atoms with van der Waals surface area (Å²) in [5.74, 6) is 0.412. The second-order valence-corrected chi connectivity index (χ2v) is 7.38. The number of carbonyl (C=O) groups is 1. The molecular weight excluding hydrogens is 360 g/mol. The number of rotatable bonds is 8. The van der Waals surface area contributed by atoms with Crippen LogP contribution in [0.1, 0.15) is 0 Å². The topological polar surface area (TPSA) is 75.7 Å². The van der Waals surface area contributed by atoms with E-state index in [2.05, 4.69) is 17.9 Å². The van der Waals surface area contributed by atoms with Crippen molar-refractivity contribution >= 4 is 34.2 Å². The van der Waals surface area contributed by atoms with Crippen molar-refractivity contribution in [1.29, 1.82) is 0 Å². The molecule has 0 radical (unpaired) electrons. The Bertz CT molecular complexity index is 810. The molecule has 0 atom stereocenters. The zero-order valence-electron chi connectivity index (χ0n) is 13.8. The summed E-state index contributed by atoms with van der Waals surface area (Å²) in [4.78, 5) is 12.3. The number of anilines is 1. The SMILES string of the molecule is COc1ccccc1N(CC(=O)NCCS)S(=O)(=O)c1ccccc1. The second kappa shape index (κ2) is 8.77. The van der Waals surface area contributed by atoms with E-state index >= 15 is 0 Å². The fourth-order valence-corrected chi connectivity index (χ4v) is 3.80. The van der Waals surface area contributed by atoms with Crippen LogP contribution in [0.25, 0.3) is 0 Å². The molecule has 134 valence electrons. The summed E-state index contributed by atoms with van der Waals surface area (Å²) in [6, 6.07) is 14.6. The minimum Gasteiger partial charge on any atom is -0.495 e. The fraction of sp³-hybridized carbons (Fsp3) is 0.235. The number of ether oxygens (including phenoxy) is 1. The van der Waals surface area contributed by atoms with Gasteiger partial charge in [0.2, 0.25) is 5.91 Å². The lowest BCUT2D eigenvalue weighted by Crippen LogP contribution is -2.41. The average molecular weight is 380 g/mol. The van der Waals surface area contributed by atoms with Gasteiger partial charge in [0.1, 0.15) is 12.3 Å². The van der Waals surface area contributed by atoms with Gasteiger partial charge in [-0.2, -0.15) is 12.6 Å². The highest BCUT2D eigenvalue weighted by atomic mass is 32.2. The molecule has 0 spiro atoms. The Morgan fingerprint density at radius 3 is 2.40 bits per heavy atom. The Hall–Kier alpha value is -2.19. The number of amides is 1. The molecule has 2 aromatic carbocycles. The van der Waals surface area contributed by atoms with Crippen LogP contribution >= 0.6 is 12.6 Å². The molecule has 0 aliphatic heterocycles. The third-order valence-corrected chi connectivity index (χ3v) is 5.40. The van der Waals surface area contributed by atoms with E-state index < -0.39 is 15.9 Å². The van der Waals surface area contributed by atoms with E-state index in [1.165, 1.54) is 19.2 Å². The molecule has 1 N–H and O–H groups in total. The number of sulfonamides is 1. The molecule has 0 fully saturated rings. The van der Waals surface area contributed by atoms with Gasteiger partial charge in [-0.15, -0.1) is 0 Å². The van der Waals surface area contributed by atoms with Gasteiger partial charge in [-0.25, -0.2) is 8.42 Å². The summed E-state index contributed by atoms with van der Waals surface area (Å²) < 4.78 is 32.5. The van der Waals surface area contributed by atoms with Crippen molar-refractivity contribution in [2.45, 2.75) is 4.90 Å². The zero-order chi connectivity index (χ0) is 18.3. The first-order chi connectivity index (χ1) is 12.0. The van der Waals surface area contributed by atoms with Crippen molar-refractivity contribution in [2.75, 3.05) is 30.3 Å². The maximum Gasteiger partial charge on any atom is 0.264 e. The number of methoxy groups -OCH3 is 1. The minimum atomic E-state index is -3.93. The molecule has 0 aromatic heterocycles. The third kappa shape index (κ3) is 4.67. The van der Waals surface area contributed by atoms with E-state index in [4.69, 9.17) is 4.74 Å². The molecule has 0 aliphatic rings. The maximum absolute atomic E-state index is 13.1. The van der Waals surface area contributed by atoms with Crippen LogP contribution < -0.4 is 14.4 Å². The molecule has 0 unspecified atom stereocenters. The predicted octanol–water partition coefficient (Wildman–Crippen LogP) is 1.94. The molecular formula is C17H20N2O4S2. The van der Waals surface area contributed by atoms with Crippen LogP contribution in [-0.4, -0.2) is 40.3 Å². The summed E-state index contributed by atoms with van der Waals surface area (Å²) in [5, 5.41) is 2.63. The van der Waals surface area contributed by atoms with Gasteiger partial charge in [-0.05, 0) is 24.3 Å². The molecule has 0 aliphatic carbocycles. The molecule has 6 nitrogen and oxygen atoms in total. The number of hydrogen-bond donors (Lipinski definition) is 2. The summed E-state index contributed by atoms with van der Waals surface area (Å²) in [6.07, 6.45) is 0. The average Bonchev–Trinajstić information content (AvgIpc) is 2.65. The molecule has 0 bridgehead atoms. The van der Waals surface area contributed by atoms with Gasteiger partial charge in [0.15, 0.2) is 0 Å². The lowest BCUT2D eigenvalue weighted by molar-refractivity contribution is -0.119. The summed E-state index contributed by atoms with van der Waals surface area (Å²) in [7, 11) is -2.48. The van der Waals surface area contributed by atoms with Crippen molar-refractivity contribution in [3.8, 4) is 5.75 Å². The summed E-state index contributed by atoms with van der Waals surface area (Å²) >= 11 is 4.03. The van der Waals surface area contributed by atoms with E-state index in [1.807, 2.05) is 0 Å². The number of benzene rings is 2. The predicted molar refractivity (Wildman–Crippen MR) is 101 cm³/mol. The first kappa shape index (κ1) is 19.1. The van der Waals surface area contributed by atoms with Gasteiger partial charge in [0, 0.05) is 12.3 Å². The number of hydrogen-bond acceptors (Lipinski definition) is 5. The van der Waals surface area contributed by atoms with Gasteiger partial charge < -0.3 is 10.1 Å². The minimum absolute atomic E-state index is 0.0999. The van der Waals surface area contributed by atoms with E-state index in [9.17, 15) is 13.2 Å². The quantitative estimate of drug-likeness (QED) is 0.686. The van der Waals surface area contributed by atoms with Crippen LogP contribution in [-0.2, 0) is 14.8 Å². The highest BCUT2D eigenvalue weighted by molar-refractivity contribution is 7.92. The van der Waals surface area contributed by atoms with Crippen molar-refractivity contribution in [2.24, 2.45) is 0 Å². The molecule has 0 saturated carbocycles. The van der Waals surface area contributed by atoms with Gasteiger partial charge in [0.25, 0.3) is 10.0 Å². The lowest BCUT2D eigenvalue weighted by atomic mass is 10.3. The van der Waals surface area contributed by atoms with Crippen molar-refractivity contribution in [3.05, 3.63) is 54.6 Å². The van der Waals surface area contributed by atoms with Crippen molar-refractivity contribution < 1.29 is 17.9 Å². The van der Waals surface area contributed by atoms with E-state index in [0.29, 0.717) is 23.7 Å². The molecule has 1 amide bonds. The summed E-state index contributed by atoms with van der Waals surface area (Å²) in [5.41, 5.74) is 0.301. The first-order valence-electron chi connectivity index (χ1n) is 7.59. The monoisotopic (exact) mass is 380 g/mol. The van der Waals surface area contributed by atoms with Crippen LogP contribution in [0, 0.1) is 0 Å². The Morgan fingerprint density at radius 1 is 1.12 bits per heavy atom. The largest absolute Gasteiger partial charge is 0.495 e. The van der Waals surface area contributed by atoms with Gasteiger partial charge in [-0.3, -0.25) is 9.10 Å². The fourth-order valence-electron chi connectivity index (χ4n) is 2.24. The first-order valence-corrected chi connectivity index (χ1v) is 9.66. The highest BCUT2D eigenvalue weighted by Gasteiger charge is 2.28. The Labute approximate surface area is 153 Å². The number of thiol groups is 1. The maximum atomic E-state index is 13.1. The molecule has 2 aromatic rings.